The van der Waals surface area contributed by atoms with Crippen LogP contribution in [0.4, 0.5) is 5.69 Å². The minimum absolute atomic E-state index is 0.0640. The molecule has 0 spiro atoms. The number of hydrogen-bond acceptors (Lipinski definition) is 5. The number of nitrogens with zero attached hydrogens (tertiary/aromatic N) is 2. The van der Waals surface area contributed by atoms with Crippen molar-refractivity contribution in [1.29, 1.82) is 0 Å². The number of amides is 2. The fraction of sp³-hybridized carbons (Fsp3) is 0.533. The summed E-state index contributed by atoms with van der Waals surface area (Å²) in [5, 5.41) is 3.10. The van der Waals surface area contributed by atoms with Gasteiger partial charge in [0, 0.05) is 12.1 Å². The van der Waals surface area contributed by atoms with Gasteiger partial charge in [-0.15, -0.1) is 0 Å². The molecule has 2 heterocycles. The van der Waals surface area contributed by atoms with E-state index in [0.29, 0.717) is 5.88 Å². The average Bonchev–Trinajstić information content (AvgIpc) is 3.09. The summed E-state index contributed by atoms with van der Waals surface area (Å²) in [4.78, 5) is 30.1. The molecule has 6 nitrogen and oxygen atoms in total. The molecule has 1 aromatic heterocycles. The van der Waals surface area contributed by atoms with E-state index in [4.69, 9.17) is 4.74 Å². The number of ether oxygens (including phenoxy) is 1. The van der Waals surface area contributed by atoms with Crippen molar-refractivity contribution < 1.29 is 14.3 Å². The van der Waals surface area contributed by atoms with Crippen LogP contribution in [0.25, 0.3) is 0 Å². The Morgan fingerprint density at radius 1 is 1.29 bits per heavy atom. The number of aromatic nitrogens is 1. The molecule has 3 rings (SSSR count). The molecule has 0 aromatic carbocycles. The number of anilines is 1. The van der Waals surface area contributed by atoms with E-state index in [1.54, 1.807) is 25.4 Å². The SMILES string of the molecule is COc1ccc(NC2CC(=O)N(C3CCCC3)C2=O)cn1. The van der Waals surface area contributed by atoms with Crippen molar-refractivity contribution in [2.75, 3.05) is 12.4 Å². The van der Waals surface area contributed by atoms with Crippen molar-refractivity contribution >= 4 is 17.5 Å². The summed E-state index contributed by atoms with van der Waals surface area (Å²) < 4.78 is 4.99. The zero-order chi connectivity index (χ0) is 14.8. The molecule has 1 unspecified atom stereocenters. The second-order valence-corrected chi connectivity index (χ2v) is 5.53. The molecule has 2 fully saturated rings. The van der Waals surface area contributed by atoms with Crippen LogP contribution in [0.2, 0.25) is 0 Å². The number of imide groups is 1. The molecular weight excluding hydrogens is 270 g/mol. The average molecular weight is 289 g/mol. The molecule has 6 heteroatoms. The number of carbonyl (C=O) groups excluding carboxylic acids is 2. The first kappa shape index (κ1) is 13.9. The summed E-state index contributed by atoms with van der Waals surface area (Å²) in [5.41, 5.74) is 0.718. The van der Waals surface area contributed by atoms with E-state index in [1.807, 2.05) is 0 Å². The minimum Gasteiger partial charge on any atom is -0.481 e. The first-order chi connectivity index (χ1) is 10.2. The number of rotatable bonds is 4. The van der Waals surface area contributed by atoms with Gasteiger partial charge in [-0.05, 0) is 18.9 Å². The molecule has 2 aliphatic rings. The Morgan fingerprint density at radius 3 is 2.67 bits per heavy atom. The van der Waals surface area contributed by atoms with E-state index in [0.717, 1.165) is 31.4 Å². The molecule has 1 aliphatic carbocycles. The summed E-state index contributed by atoms with van der Waals surface area (Å²) in [6, 6.07) is 3.14. The van der Waals surface area contributed by atoms with Crippen LogP contribution < -0.4 is 10.1 Å². The zero-order valence-corrected chi connectivity index (χ0v) is 12.0. The van der Waals surface area contributed by atoms with E-state index in [-0.39, 0.29) is 24.3 Å². The molecule has 21 heavy (non-hydrogen) atoms. The quantitative estimate of drug-likeness (QED) is 0.852. The van der Waals surface area contributed by atoms with E-state index >= 15 is 0 Å². The van der Waals surface area contributed by atoms with Crippen molar-refractivity contribution in [1.82, 2.24) is 9.88 Å². The molecule has 112 valence electrons. The summed E-state index contributed by atoms with van der Waals surface area (Å²) in [5.74, 6) is 0.343. The Hall–Kier alpha value is -2.11. The Labute approximate surface area is 123 Å². The summed E-state index contributed by atoms with van der Waals surface area (Å²) in [7, 11) is 1.55. The highest BCUT2D eigenvalue weighted by molar-refractivity contribution is 6.07. The van der Waals surface area contributed by atoms with Gasteiger partial charge >= 0.3 is 0 Å². The van der Waals surface area contributed by atoms with E-state index in [2.05, 4.69) is 10.3 Å². The molecule has 1 atom stereocenters. The Bertz CT molecular complexity index is 538. The van der Waals surface area contributed by atoms with Gasteiger partial charge in [0.2, 0.25) is 11.8 Å². The third-order valence-electron chi connectivity index (χ3n) is 4.16. The lowest BCUT2D eigenvalue weighted by Gasteiger charge is -2.22. The molecule has 1 saturated heterocycles. The number of methoxy groups -OCH3 is 1. The highest BCUT2D eigenvalue weighted by Crippen LogP contribution is 2.29. The maximum absolute atomic E-state index is 12.4. The van der Waals surface area contributed by atoms with Gasteiger partial charge in [-0.25, -0.2) is 4.98 Å². The van der Waals surface area contributed by atoms with Crippen molar-refractivity contribution in [3.8, 4) is 5.88 Å². The molecular formula is C15H19N3O3. The Kier molecular flexibility index (Phi) is 3.77. The lowest BCUT2D eigenvalue weighted by molar-refractivity contribution is -0.141. The van der Waals surface area contributed by atoms with Gasteiger partial charge in [-0.1, -0.05) is 12.8 Å². The topological polar surface area (TPSA) is 71.5 Å². The number of likely N-dealkylation sites (tertiary alicyclic amines) is 1. The van der Waals surface area contributed by atoms with Gasteiger partial charge in [0.1, 0.15) is 6.04 Å². The van der Waals surface area contributed by atoms with Gasteiger partial charge in [0.15, 0.2) is 0 Å². The van der Waals surface area contributed by atoms with Gasteiger partial charge in [0.05, 0.1) is 25.4 Å². The predicted octanol–water partition coefficient (Wildman–Crippen LogP) is 1.57. The van der Waals surface area contributed by atoms with Crippen LogP contribution in [0.3, 0.4) is 0 Å². The summed E-state index contributed by atoms with van der Waals surface area (Å²) in [6.45, 7) is 0. The van der Waals surface area contributed by atoms with Crippen LogP contribution in [0.5, 0.6) is 5.88 Å². The van der Waals surface area contributed by atoms with Gasteiger partial charge in [-0.3, -0.25) is 14.5 Å². The smallest absolute Gasteiger partial charge is 0.252 e. The number of carbonyl (C=O) groups is 2. The summed E-state index contributed by atoms with van der Waals surface area (Å²) in [6.07, 6.45) is 5.91. The second kappa shape index (κ2) is 5.71. The fourth-order valence-electron chi connectivity index (χ4n) is 3.10. The number of nitrogens with one attached hydrogen (secondary N) is 1. The minimum atomic E-state index is -0.478. The third-order valence-corrected chi connectivity index (χ3v) is 4.16. The first-order valence-electron chi connectivity index (χ1n) is 7.31. The summed E-state index contributed by atoms with van der Waals surface area (Å²) >= 11 is 0. The molecule has 1 saturated carbocycles. The van der Waals surface area contributed by atoms with Crippen LogP contribution in [0.15, 0.2) is 18.3 Å². The Balaban J connectivity index is 1.68. The van der Waals surface area contributed by atoms with E-state index in [9.17, 15) is 9.59 Å². The van der Waals surface area contributed by atoms with Crippen LogP contribution in [-0.4, -0.2) is 40.9 Å². The molecule has 1 aliphatic heterocycles. The second-order valence-electron chi connectivity index (χ2n) is 5.53. The molecule has 1 aromatic rings. The predicted molar refractivity (Wildman–Crippen MR) is 76.9 cm³/mol. The highest BCUT2D eigenvalue weighted by Gasteiger charge is 2.42. The fourth-order valence-corrected chi connectivity index (χ4v) is 3.10. The van der Waals surface area contributed by atoms with Crippen LogP contribution in [0, 0.1) is 0 Å². The van der Waals surface area contributed by atoms with Crippen molar-refractivity contribution in [2.45, 2.75) is 44.2 Å². The van der Waals surface area contributed by atoms with E-state index in [1.165, 1.54) is 4.90 Å². The Morgan fingerprint density at radius 2 is 2.05 bits per heavy atom. The van der Waals surface area contributed by atoms with Crippen LogP contribution in [-0.2, 0) is 9.59 Å². The number of pyridine rings is 1. The monoisotopic (exact) mass is 289 g/mol. The van der Waals surface area contributed by atoms with Crippen molar-refractivity contribution in [3.05, 3.63) is 18.3 Å². The molecule has 1 N–H and O–H groups in total. The molecule has 0 radical (unpaired) electrons. The lowest BCUT2D eigenvalue weighted by atomic mass is 10.2. The van der Waals surface area contributed by atoms with Gasteiger partial charge in [-0.2, -0.15) is 0 Å². The van der Waals surface area contributed by atoms with Gasteiger partial charge in [0.25, 0.3) is 5.91 Å². The standard InChI is InChI=1S/C15H19N3O3/c1-21-13-7-6-10(9-16-13)17-12-8-14(19)18(15(12)20)11-4-2-3-5-11/h6-7,9,11-12,17H,2-5,8H2,1H3. The zero-order valence-electron chi connectivity index (χ0n) is 12.0. The van der Waals surface area contributed by atoms with Crippen molar-refractivity contribution in [3.63, 3.8) is 0 Å². The largest absolute Gasteiger partial charge is 0.481 e. The van der Waals surface area contributed by atoms with Gasteiger partial charge < -0.3 is 10.1 Å². The van der Waals surface area contributed by atoms with Crippen LogP contribution in [0.1, 0.15) is 32.1 Å². The van der Waals surface area contributed by atoms with E-state index < -0.39 is 6.04 Å². The van der Waals surface area contributed by atoms with Crippen molar-refractivity contribution in [2.24, 2.45) is 0 Å². The first-order valence-corrected chi connectivity index (χ1v) is 7.31. The molecule has 0 bridgehead atoms. The maximum atomic E-state index is 12.4. The lowest BCUT2D eigenvalue weighted by Crippen LogP contribution is -2.40. The molecule has 2 amide bonds. The highest BCUT2D eigenvalue weighted by atomic mass is 16.5. The third kappa shape index (κ3) is 2.70. The van der Waals surface area contributed by atoms with Crippen LogP contribution >= 0.6 is 0 Å². The normalized spacial score (nSPS) is 22.9. The number of hydrogen-bond donors (Lipinski definition) is 1. The maximum Gasteiger partial charge on any atom is 0.252 e.